The van der Waals surface area contributed by atoms with Crippen molar-refractivity contribution in [2.45, 2.75) is 27.7 Å². The number of nitrogens with zero attached hydrogens (tertiary/aromatic N) is 2. The summed E-state index contributed by atoms with van der Waals surface area (Å²) in [5.41, 5.74) is 4.67. The fourth-order valence-corrected chi connectivity index (χ4v) is 2.76. The first-order chi connectivity index (χ1) is 13.3. The number of benzene rings is 2. The Balaban J connectivity index is 1.81. The number of ketones is 1. The largest absolute Gasteiger partial charge is 0.340 e. The van der Waals surface area contributed by atoms with Gasteiger partial charge in [0.25, 0.3) is 5.91 Å². The van der Waals surface area contributed by atoms with Gasteiger partial charge in [0.2, 0.25) is 0 Å². The van der Waals surface area contributed by atoms with E-state index in [-0.39, 0.29) is 17.4 Å². The number of hydrogen-bond donors (Lipinski definition) is 2. The topological polar surface area (TPSA) is 84.0 Å². The Hall–Kier alpha value is -3.54. The number of hydrogen-bond acceptors (Lipinski definition) is 5. The molecule has 28 heavy (non-hydrogen) atoms. The van der Waals surface area contributed by atoms with E-state index in [0.29, 0.717) is 22.9 Å². The second kappa shape index (κ2) is 8.00. The van der Waals surface area contributed by atoms with E-state index in [0.717, 1.165) is 11.3 Å². The minimum Gasteiger partial charge on any atom is -0.340 e. The van der Waals surface area contributed by atoms with E-state index in [1.807, 2.05) is 32.0 Å². The molecule has 0 radical (unpaired) electrons. The van der Waals surface area contributed by atoms with Crippen molar-refractivity contribution in [2.24, 2.45) is 0 Å². The first kappa shape index (κ1) is 19.2. The Morgan fingerprint density at radius 2 is 1.64 bits per heavy atom. The zero-order valence-corrected chi connectivity index (χ0v) is 16.3. The molecule has 0 saturated heterocycles. The van der Waals surface area contributed by atoms with Gasteiger partial charge in [-0.15, -0.1) is 0 Å². The van der Waals surface area contributed by atoms with Crippen molar-refractivity contribution in [2.75, 3.05) is 10.6 Å². The number of nitrogens with one attached hydrogen (secondary N) is 2. The summed E-state index contributed by atoms with van der Waals surface area (Å²) in [4.78, 5) is 32.6. The van der Waals surface area contributed by atoms with Crippen LogP contribution in [0.2, 0.25) is 0 Å². The van der Waals surface area contributed by atoms with Gasteiger partial charge < -0.3 is 10.6 Å². The van der Waals surface area contributed by atoms with Crippen LogP contribution in [-0.4, -0.2) is 21.7 Å². The summed E-state index contributed by atoms with van der Waals surface area (Å²) in [6, 6.07) is 14.3. The van der Waals surface area contributed by atoms with Crippen LogP contribution in [0.25, 0.3) is 0 Å². The maximum atomic E-state index is 12.6. The highest BCUT2D eigenvalue weighted by molar-refractivity contribution is 6.03. The van der Waals surface area contributed by atoms with E-state index in [1.165, 1.54) is 12.5 Å². The molecule has 0 atom stereocenters. The standard InChI is InChI=1S/C22H22N4O2/c1-13-6-5-7-19(14(13)2)26-21-12-20(23-16(4)24-21)22(28)25-18-10-8-17(9-11-18)15(3)27/h5-12H,1-4H3,(H,25,28)(H,23,24,26). The minimum atomic E-state index is -0.343. The highest BCUT2D eigenvalue weighted by Crippen LogP contribution is 2.22. The zero-order chi connectivity index (χ0) is 20.3. The Bertz CT molecular complexity index is 1040. The number of carbonyl (C=O) groups excluding carboxylic acids is 2. The molecule has 0 unspecified atom stereocenters. The molecule has 3 aromatic rings. The van der Waals surface area contributed by atoms with Gasteiger partial charge in [0.1, 0.15) is 17.3 Å². The second-order valence-electron chi connectivity index (χ2n) is 6.65. The molecule has 6 heteroatoms. The monoisotopic (exact) mass is 374 g/mol. The lowest BCUT2D eigenvalue weighted by Gasteiger charge is -2.12. The SMILES string of the molecule is CC(=O)c1ccc(NC(=O)c2cc(Nc3cccc(C)c3C)nc(C)n2)cc1. The van der Waals surface area contributed by atoms with Crippen molar-refractivity contribution in [3.63, 3.8) is 0 Å². The molecule has 0 fully saturated rings. The van der Waals surface area contributed by atoms with Crippen LogP contribution in [0.15, 0.2) is 48.5 Å². The van der Waals surface area contributed by atoms with Crippen molar-refractivity contribution in [3.05, 3.63) is 76.7 Å². The van der Waals surface area contributed by atoms with E-state index in [1.54, 1.807) is 37.3 Å². The quantitative estimate of drug-likeness (QED) is 0.638. The first-order valence-corrected chi connectivity index (χ1v) is 8.95. The minimum absolute atomic E-state index is 0.0218. The van der Waals surface area contributed by atoms with Crippen molar-refractivity contribution in [1.29, 1.82) is 0 Å². The van der Waals surface area contributed by atoms with E-state index < -0.39 is 0 Å². The number of amides is 1. The molecular formula is C22H22N4O2. The molecule has 6 nitrogen and oxygen atoms in total. The average molecular weight is 374 g/mol. The van der Waals surface area contributed by atoms with Gasteiger partial charge in [0, 0.05) is 23.0 Å². The predicted molar refractivity (Wildman–Crippen MR) is 110 cm³/mol. The molecule has 142 valence electrons. The lowest BCUT2D eigenvalue weighted by molar-refractivity contribution is 0.101. The summed E-state index contributed by atoms with van der Waals surface area (Å²) in [5, 5.41) is 6.06. The van der Waals surface area contributed by atoms with Gasteiger partial charge in [0.15, 0.2) is 5.78 Å². The van der Waals surface area contributed by atoms with Crippen molar-refractivity contribution in [1.82, 2.24) is 9.97 Å². The van der Waals surface area contributed by atoms with Crippen molar-refractivity contribution >= 4 is 28.9 Å². The smallest absolute Gasteiger partial charge is 0.274 e. The first-order valence-electron chi connectivity index (χ1n) is 8.95. The van der Waals surface area contributed by atoms with E-state index in [2.05, 4.69) is 20.6 Å². The van der Waals surface area contributed by atoms with Crippen LogP contribution in [0.4, 0.5) is 17.2 Å². The summed E-state index contributed by atoms with van der Waals surface area (Å²) in [7, 11) is 0. The van der Waals surface area contributed by atoms with Gasteiger partial charge in [-0.25, -0.2) is 9.97 Å². The summed E-state index contributed by atoms with van der Waals surface area (Å²) in [6.07, 6.45) is 0. The molecule has 2 aromatic carbocycles. The fourth-order valence-electron chi connectivity index (χ4n) is 2.76. The molecular weight excluding hydrogens is 352 g/mol. The number of anilines is 3. The molecule has 2 N–H and O–H groups in total. The number of aromatic nitrogens is 2. The van der Waals surface area contributed by atoms with E-state index in [4.69, 9.17) is 0 Å². The normalized spacial score (nSPS) is 10.4. The van der Waals surface area contributed by atoms with Gasteiger partial charge >= 0.3 is 0 Å². The summed E-state index contributed by atoms with van der Waals surface area (Å²) >= 11 is 0. The van der Waals surface area contributed by atoms with Gasteiger partial charge in [-0.3, -0.25) is 9.59 Å². The third-order valence-electron chi connectivity index (χ3n) is 4.49. The number of Topliss-reactive ketones (excluding diaryl/α,β-unsaturated/α-hetero) is 1. The number of carbonyl (C=O) groups is 2. The second-order valence-corrected chi connectivity index (χ2v) is 6.65. The molecule has 1 amide bonds. The third-order valence-corrected chi connectivity index (χ3v) is 4.49. The Kier molecular flexibility index (Phi) is 5.49. The van der Waals surface area contributed by atoms with Gasteiger partial charge in [-0.1, -0.05) is 12.1 Å². The van der Waals surface area contributed by atoms with E-state index in [9.17, 15) is 9.59 Å². The molecule has 0 aliphatic carbocycles. The molecule has 0 aliphatic rings. The van der Waals surface area contributed by atoms with Crippen LogP contribution in [0.5, 0.6) is 0 Å². The fraction of sp³-hybridized carbons (Fsp3) is 0.182. The van der Waals surface area contributed by atoms with Gasteiger partial charge in [-0.05, 0) is 69.2 Å². The molecule has 1 aromatic heterocycles. The molecule has 0 spiro atoms. The van der Waals surface area contributed by atoms with Crippen LogP contribution in [0.3, 0.4) is 0 Å². The van der Waals surface area contributed by atoms with Gasteiger partial charge in [-0.2, -0.15) is 0 Å². The lowest BCUT2D eigenvalue weighted by Crippen LogP contribution is -2.15. The molecule has 0 aliphatic heterocycles. The van der Waals surface area contributed by atoms with Crippen LogP contribution < -0.4 is 10.6 Å². The highest BCUT2D eigenvalue weighted by atomic mass is 16.2. The van der Waals surface area contributed by atoms with Crippen molar-refractivity contribution in [3.8, 4) is 0 Å². The summed E-state index contributed by atoms with van der Waals surface area (Å²) in [6.45, 7) is 7.32. The molecule has 0 saturated carbocycles. The number of rotatable bonds is 5. The molecule has 3 rings (SSSR count). The maximum Gasteiger partial charge on any atom is 0.274 e. The van der Waals surface area contributed by atoms with Crippen LogP contribution in [0.1, 0.15) is 44.7 Å². The third kappa shape index (κ3) is 4.40. The summed E-state index contributed by atoms with van der Waals surface area (Å²) in [5.74, 6) is 0.683. The number of aryl methyl sites for hydroxylation is 2. The van der Waals surface area contributed by atoms with Gasteiger partial charge in [0.05, 0.1) is 0 Å². The highest BCUT2D eigenvalue weighted by Gasteiger charge is 2.12. The molecule has 0 bridgehead atoms. The van der Waals surface area contributed by atoms with E-state index >= 15 is 0 Å². The predicted octanol–water partition coefficient (Wildman–Crippen LogP) is 4.60. The lowest BCUT2D eigenvalue weighted by atomic mass is 10.1. The Labute approximate surface area is 164 Å². The average Bonchev–Trinajstić information content (AvgIpc) is 2.65. The molecule has 1 heterocycles. The summed E-state index contributed by atoms with van der Waals surface area (Å²) < 4.78 is 0. The Morgan fingerprint density at radius 3 is 2.32 bits per heavy atom. The van der Waals surface area contributed by atoms with Crippen LogP contribution in [0, 0.1) is 20.8 Å². The zero-order valence-electron chi connectivity index (χ0n) is 16.3. The maximum absolute atomic E-state index is 12.6. The van der Waals surface area contributed by atoms with Crippen LogP contribution in [-0.2, 0) is 0 Å². The Morgan fingerprint density at radius 1 is 0.929 bits per heavy atom. The van der Waals surface area contributed by atoms with Crippen molar-refractivity contribution < 1.29 is 9.59 Å². The van der Waals surface area contributed by atoms with Crippen LogP contribution >= 0.6 is 0 Å².